The van der Waals surface area contributed by atoms with Gasteiger partial charge in [0.15, 0.2) is 17.5 Å². The maximum Gasteiger partial charge on any atom is 0.261 e. The Hall–Kier alpha value is -3.27. The summed E-state index contributed by atoms with van der Waals surface area (Å²) in [7, 11) is 0. The van der Waals surface area contributed by atoms with Gasteiger partial charge in [-0.15, -0.1) is 0 Å². The van der Waals surface area contributed by atoms with Gasteiger partial charge >= 0.3 is 0 Å². The lowest BCUT2D eigenvalue weighted by atomic mass is 9.56. The minimum atomic E-state index is -0.660. The van der Waals surface area contributed by atoms with Crippen LogP contribution in [0.4, 0.5) is 30.4 Å². The van der Waals surface area contributed by atoms with Crippen molar-refractivity contribution in [3.05, 3.63) is 64.3 Å². The highest BCUT2D eigenvalue weighted by molar-refractivity contribution is 6.31. The average Bonchev–Trinajstić information content (AvgIpc) is 3.07. The summed E-state index contributed by atoms with van der Waals surface area (Å²) in [6.45, 7) is 1.15. The van der Waals surface area contributed by atoms with E-state index in [2.05, 4.69) is 20.5 Å². The Morgan fingerprint density at radius 3 is 2.58 bits per heavy atom. The van der Waals surface area contributed by atoms with Crippen LogP contribution >= 0.6 is 11.6 Å². The van der Waals surface area contributed by atoms with Crippen molar-refractivity contribution in [2.24, 2.45) is 11.3 Å². The number of pyridine rings is 1. The number of carbonyl (C=O) groups excluding carboxylic acids is 1. The minimum Gasteiger partial charge on any atom is -0.382 e. The molecule has 0 radical (unpaired) electrons. The first-order valence-corrected chi connectivity index (χ1v) is 10.8. The normalized spacial score (nSPS) is 17.0. The number of nitrogens with zero attached hydrogens (tertiary/aromatic N) is 3. The third-order valence-electron chi connectivity index (χ3n) is 6.41. The molecule has 2 aromatic heterocycles. The van der Waals surface area contributed by atoms with Gasteiger partial charge in [-0.05, 0) is 43.4 Å². The monoisotopic (exact) mass is 476 g/mol. The van der Waals surface area contributed by atoms with Crippen molar-refractivity contribution in [1.29, 1.82) is 0 Å². The summed E-state index contributed by atoms with van der Waals surface area (Å²) in [6, 6.07) is 3.88. The number of hydrogen-bond acceptors (Lipinski definition) is 5. The smallest absolute Gasteiger partial charge is 0.261 e. The molecule has 1 aliphatic heterocycles. The molecule has 33 heavy (non-hydrogen) atoms. The number of nitrogens with two attached hydrogens (primary N) is 1. The van der Waals surface area contributed by atoms with Gasteiger partial charge in [-0.2, -0.15) is 5.10 Å². The number of benzene rings is 1. The highest BCUT2D eigenvalue weighted by Gasteiger charge is 2.53. The molecule has 2 aliphatic rings. The summed E-state index contributed by atoms with van der Waals surface area (Å²) >= 11 is 5.77. The van der Waals surface area contributed by atoms with Crippen LogP contribution < -0.4 is 16.0 Å². The molecule has 3 heterocycles. The van der Waals surface area contributed by atoms with E-state index in [1.165, 1.54) is 12.1 Å². The van der Waals surface area contributed by atoms with E-state index >= 15 is 0 Å². The molecule has 0 bridgehead atoms. The number of nitrogen functional groups attached to an aromatic ring is 1. The van der Waals surface area contributed by atoms with Gasteiger partial charge in [0.25, 0.3) is 5.91 Å². The van der Waals surface area contributed by atoms with Crippen molar-refractivity contribution in [3.63, 3.8) is 0 Å². The third-order valence-corrected chi connectivity index (χ3v) is 6.70. The number of anilines is 3. The largest absolute Gasteiger partial charge is 0.382 e. The summed E-state index contributed by atoms with van der Waals surface area (Å²) < 4.78 is 41.3. The number of carbonyl (C=O) groups is 1. The second-order valence-electron chi connectivity index (χ2n) is 8.83. The van der Waals surface area contributed by atoms with Gasteiger partial charge < -0.3 is 16.0 Å². The fourth-order valence-corrected chi connectivity index (χ4v) is 5.23. The van der Waals surface area contributed by atoms with Crippen molar-refractivity contribution in [3.8, 4) is 0 Å². The van der Waals surface area contributed by atoms with Crippen LogP contribution in [-0.2, 0) is 6.42 Å². The summed E-state index contributed by atoms with van der Waals surface area (Å²) in [5.41, 5.74) is 7.10. The van der Waals surface area contributed by atoms with E-state index in [1.807, 2.05) is 0 Å². The Morgan fingerprint density at radius 2 is 1.91 bits per heavy atom. The first-order chi connectivity index (χ1) is 15.7. The molecule has 11 heteroatoms. The predicted molar refractivity (Wildman–Crippen MR) is 118 cm³/mol. The molecule has 1 saturated heterocycles. The van der Waals surface area contributed by atoms with Crippen LogP contribution in [-0.4, -0.2) is 34.2 Å². The Bertz CT molecular complexity index is 1210. The van der Waals surface area contributed by atoms with E-state index in [9.17, 15) is 18.0 Å². The molecule has 1 aliphatic carbocycles. The van der Waals surface area contributed by atoms with Crippen LogP contribution in [0.1, 0.15) is 28.9 Å². The van der Waals surface area contributed by atoms with Gasteiger partial charge in [-0.1, -0.05) is 11.6 Å². The van der Waals surface area contributed by atoms with E-state index in [4.69, 9.17) is 17.3 Å². The molecule has 2 fully saturated rings. The zero-order valence-corrected chi connectivity index (χ0v) is 18.1. The summed E-state index contributed by atoms with van der Waals surface area (Å²) in [6.07, 6.45) is 4.33. The molecule has 3 aromatic rings. The Morgan fingerprint density at radius 1 is 1.21 bits per heavy atom. The molecule has 1 spiro atoms. The van der Waals surface area contributed by atoms with E-state index in [0.717, 1.165) is 31.3 Å². The molecular formula is C22H20ClF3N6O. The lowest BCUT2D eigenvalue weighted by molar-refractivity contribution is 0.0226. The number of halogens is 4. The summed E-state index contributed by atoms with van der Waals surface area (Å²) in [4.78, 5) is 18.0. The second kappa shape index (κ2) is 7.95. The van der Waals surface area contributed by atoms with Crippen molar-refractivity contribution in [2.75, 3.05) is 29.0 Å². The van der Waals surface area contributed by atoms with Gasteiger partial charge in [0.05, 0.1) is 23.1 Å². The van der Waals surface area contributed by atoms with Crippen molar-refractivity contribution >= 4 is 34.7 Å². The number of H-pyrrole nitrogens is 1. The molecule has 5 rings (SSSR count). The van der Waals surface area contributed by atoms with Crippen molar-refractivity contribution in [2.45, 2.75) is 19.3 Å². The number of aromatic nitrogens is 3. The maximum atomic E-state index is 13.9. The first kappa shape index (κ1) is 21.6. The van der Waals surface area contributed by atoms with Crippen LogP contribution in [0.5, 0.6) is 0 Å². The van der Waals surface area contributed by atoms with Crippen molar-refractivity contribution < 1.29 is 18.0 Å². The molecule has 172 valence electrons. The topological polar surface area (TPSA) is 99.9 Å². The van der Waals surface area contributed by atoms with Crippen molar-refractivity contribution in [1.82, 2.24) is 15.2 Å². The van der Waals surface area contributed by atoms with E-state index in [1.54, 1.807) is 4.90 Å². The van der Waals surface area contributed by atoms with E-state index < -0.39 is 23.4 Å². The van der Waals surface area contributed by atoms with Gasteiger partial charge in [0.1, 0.15) is 17.1 Å². The zero-order valence-electron chi connectivity index (χ0n) is 17.3. The number of hydrogen-bond donors (Lipinski definition) is 3. The lowest BCUT2D eigenvalue weighted by Crippen LogP contribution is -2.63. The molecule has 1 aromatic carbocycles. The number of nitrogens with one attached hydrogen (secondary N) is 2. The van der Waals surface area contributed by atoms with E-state index in [0.29, 0.717) is 30.9 Å². The average molecular weight is 477 g/mol. The van der Waals surface area contributed by atoms with Gasteiger partial charge in [-0.25, -0.2) is 13.2 Å². The summed E-state index contributed by atoms with van der Waals surface area (Å²) in [5.74, 6) is -2.01. The standard InChI is InChI=1S/C22H20ClF3N6O/c23-13-4-12(1-2-14(13)24)29-21(33)18-17(30-31-20(18)27)3-11-5-22(6-11)9-32(10-22)19-15(25)7-28-8-16(19)26/h1-2,4,7-8,11H,3,5-6,9-10H2,(H,29,33)(H3,27,30,31). The van der Waals surface area contributed by atoms with Crippen LogP contribution in [0.3, 0.4) is 0 Å². The van der Waals surface area contributed by atoms with Gasteiger partial charge in [0.2, 0.25) is 0 Å². The van der Waals surface area contributed by atoms with Crippen LogP contribution in [0.2, 0.25) is 5.02 Å². The Kier molecular flexibility index (Phi) is 5.19. The number of aromatic amines is 1. The van der Waals surface area contributed by atoms with Gasteiger partial charge in [0, 0.05) is 24.2 Å². The molecule has 1 saturated carbocycles. The second-order valence-corrected chi connectivity index (χ2v) is 9.24. The highest BCUT2D eigenvalue weighted by atomic mass is 35.5. The Balaban J connectivity index is 1.21. The third kappa shape index (κ3) is 3.88. The van der Waals surface area contributed by atoms with E-state index in [-0.39, 0.29) is 33.4 Å². The molecule has 4 N–H and O–H groups in total. The molecule has 0 atom stereocenters. The SMILES string of the molecule is Nc1n[nH]c(CC2CC3(C2)CN(c2c(F)cncc2F)C3)c1C(=O)Nc1ccc(F)c(Cl)c1. The number of rotatable bonds is 5. The summed E-state index contributed by atoms with van der Waals surface area (Å²) in [5, 5.41) is 9.37. The maximum absolute atomic E-state index is 13.9. The quantitative estimate of drug-likeness (QED) is 0.513. The molecule has 0 unspecified atom stereocenters. The van der Waals surface area contributed by atoms with Crippen LogP contribution in [0, 0.1) is 28.8 Å². The van der Waals surface area contributed by atoms with Crippen LogP contribution in [0.15, 0.2) is 30.6 Å². The fourth-order valence-electron chi connectivity index (χ4n) is 5.05. The minimum absolute atomic E-state index is 0.0195. The molecule has 7 nitrogen and oxygen atoms in total. The first-order valence-electron chi connectivity index (χ1n) is 10.4. The predicted octanol–water partition coefficient (Wildman–Crippen LogP) is 4.17. The molecular weight excluding hydrogens is 457 g/mol. The fraction of sp³-hybridized carbons (Fsp3) is 0.318. The highest BCUT2D eigenvalue weighted by Crippen LogP contribution is 2.54. The molecule has 1 amide bonds. The zero-order chi connectivity index (χ0) is 23.3. The lowest BCUT2D eigenvalue weighted by Gasteiger charge is -2.60. The Labute approximate surface area is 192 Å². The van der Waals surface area contributed by atoms with Crippen LogP contribution in [0.25, 0.3) is 0 Å². The van der Waals surface area contributed by atoms with Gasteiger partial charge in [-0.3, -0.25) is 14.9 Å². The number of amides is 1.